The van der Waals surface area contributed by atoms with Crippen LogP contribution in [0.4, 0.5) is 5.95 Å². The van der Waals surface area contributed by atoms with Gasteiger partial charge in [-0.25, -0.2) is 22.7 Å². The van der Waals surface area contributed by atoms with Crippen molar-refractivity contribution in [3.8, 4) is 0 Å². The van der Waals surface area contributed by atoms with Crippen molar-refractivity contribution in [2.24, 2.45) is 13.0 Å². The molecular weight excluding hydrogens is 554 g/mol. The fraction of sp³-hybridized carbons (Fsp3) is 0.370. The Hall–Kier alpha value is -2.99. The molecule has 1 unspecified atom stereocenters. The van der Waals surface area contributed by atoms with Gasteiger partial charge in [0.15, 0.2) is 0 Å². The van der Waals surface area contributed by atoms with E-state index in [0.29, 0.717) is 23.0 Å². The molecule has 12 heteroatoms. The summed E-state index contributed by atoms with van der Waals surface area (Å²) in [4.78, 5) is 21.7. The maximum Gasteiger partial charge on any atom is 0.272 e. The van der Waals surface area contributed by atoms with Crippen LogP contribution in [0.15, 0.2) is 65.5 Å². The van der Waals surface area contributed by atoms with E-state index in [1.807, 2.05) is 26.1 Å². The molecule has 1 amide bonds. The van der Waals surface area contributed by atoms with Crippen LogP contribution in [-0.4, -0.2) is 50.3 Å². The van der Waals surface area contributed by atoms with Crippen LogP contribution in [0.3, 0.4) is 0 Å². The van der Waals surface area contributed by atoms with E-state index in [-0.39, 0.29) is 35.8 Å². The summed E-state index contributed by atoms with van der Waals surface area (Å²) in [6.07, 6.45) is 6.38. The summed E-state index contributed by atoms with van der Waals surface area (Å²) in [5, 5.41) is 4.42. The molecule has 1 N–H and O–H groups in total. The number of amides is 1. The van der Waals surface area contributed by atoms with Crippen molar-refractivity contribution in [3.63, 3.8) is 0 Å². The third-order valence-electron chi connectivity index (χ3n) is 6.58. The van der Waals surface area contributed by atoms with Gasteiger partial charge in [0.2, 0.25) is 5.95 Å². The minimum atomic E-state index is -3.98. The zero-order valence-corrected chi connectivity index (χ0v) is 25.4. The molecule has 2 heterocycles. The van der Waals surface area contributed by atoms with Gasteiger partial charge in [0.1, 0.15) is 12.4 Å². The molecule has 1 aromatic carbocycles. The molecule has 0 bridgehead atoms. The van der Waals surface area contributed by atoms with Crippen LogP contribution in [0.2, 0.25) is 30.7 Å². The van der Waals surface area contributed by atoms with Crippen molar-refractivity contribution in [1.82, 2.24) is 19.9 Å². The molecule has 1 aliphatic carbocycles. The highest BCUT2D eigenvalue weighted by molar-refractivity contribution is 7.96. The number of benzene rings is 1. The number of halogens is 1. The Labute approximate surface area is 235 Å². The van der Waals surface area contributed by atoms with Crippen molar-refractivity contribution >= 4 is 52.5 Å². The molecule has 0 fully saturated rings. The average molecular weight is 588 g/mol. The van der Waals surface area contributed by atoms with Crippen LogP contribution in [0, 0.1) is 5.92 Å². The van der Waals surface area contributed by atoms with E-state index in [1.165, 1.54) is 18.5 Å². The summed E-state index contributed by atoms with van der Waals surface area (Å²) in [5.41, 5.74) is 2.00. The highest BCUT2D eigenvalue weighted by atomic mass is 35.5. The second-order valence-corrected chi connectivity index (χ2v) is 18.8. The standard InChI is InChI=1S/C27H34ClN5O4SSi/c1-19-15-22(38(35,36)33(27-29-11-6-12-30-27)18-37-13-14-39(3,4)5)8-9-23(19)31-26(34)25-17-20-16-21(28)7-10-24(20)32(25)2/h6-12,16-17,19H,13-15,18H2,1-5H3,(H,31,34). The zero-order valence-electron chi connectivity index (χ0n) is 22.8. The largest absolute Gasteiger partial charge is 0.360 e. The van der Waals surface area contributed by atoms with Gasteiger partial charge >= 0.3 is 0 Å². The summed E-state index contributed by atoms with van der Waals surface area (Å²) < 4.78 is 36.1. The molecule has 0 radical (unpaired) electrons. The fourth-order valence-electron chi connectivity index (χ4n) is 4.24. The number of ether oxygens (including phenoxy) is 1. The van der Waals surface area contributed by atoms with Crippen LogP contribution in [0.25, 0.3) is 10.9 Å². The molecule has 0 saturated heterocycles. The van der Waals surface area contributed by atoms with Gasteiger partial charge in [0, 0.05) is 61.7 Å². The lowest BCUT2D eigenvalue weighted by atomic mass is 9.98. The van der Waals surface area contributed by atoms with Gasteiger partial charge in [-0.15, -0.1) is 0 Å². The zero-order chi connectivity index (χ0) is 28.4. The number of nitrogens with one attached hydrogen (secondary N) is 1. The Morgan fingerprint density at radius 1 is 1.21 bits per heavy atom. The van der Waals surface area contributed by atoms with Gasteiger partial charge in [0.25, 0.3) is 15.9 Å². The third kappa shape index (κ3) is 6.78. The molecule has 3 aromatic rings. The highest BCUT2D eigenvalue weighted by Gasteiger charge is 2.32. The summed E-state index contributed by atoms with van der Waals surface area (Å²) in [6.45, 7) is 8.86. The van der Waals surface area contributed by atoms with Crippen LogP contribution < -0.4 is 9.62 Å². The molecule has 0 aliphatic heterocycles. The summed E-state index contributed by atoms with van der Waals surface area (Å²) >= 11 is 6.11. The number of carbonyl (C=O) groups excluding carboxylic acids is 1. The number of aryl methyl sites for hydroxylation is 1. The highest BCUT2D eigenvalue weighted by Crippen LogP contribution is 2.31. The van der Waals surface area contributed by atoms with Crippen molar-refractivity contribution in [1.29, 1.82) is 0 Å². The van der Waals surface area contributed by atoms with E-state index in [2.05, 4.69) is 34.9 Å². The summed E-state index contributed by atoms with van der Waals surface area (Å²) in [6, 6.07) is 9.79. The number of nitrogens with zero attached hydrogens (tertiary/aromatic N) is 4. The van der Waals surface area contributed by atoms with Crippen molar-refractivity contribution in [2.75, 3.05) is 17.6 Å². The van der Waals surface area contributed by atoms with Gasteiger partial charge in [-0.3, -0.25) is 4.79 Å². The number of rotatable bonds is 10. The van der Waals surface area contributed by atoms with E-state index >= 15 is 0 Å². The monoisotopic (exact) mass is 587 g/mol. The summed E-state index contributed by atoms with van der Waals surface area (Å²) in [7, 11) is -3.50. The molecule has 4 rings (SSSR count). The minimum absolute atomic E-state index is 0.0537. The number of allylic oxidation sites excluding steroid dienone is 4. The SMILES string of the molecule is CC1CC(S(=O)(=O)N(COCC[Si](C)(C)C)c2ncccn2)=CC=C1NC(=O)c1cc2cc(Cl)ccc2n1C. The fourth-order valence-corrected chi connectivity index (χ4v) is 6.68. The molecule has 2 aromatic heterocycles. The van der Waals surface area contributed by atoms with E-state index in [9.17, 15) is 13.2 Å². The minimum Gasteiger partial charge on any atom is -0.360 e. The first-order valence-corrected chi connectivity index (χ1v) is 18.2. The Morgan fingerprint density at radius 2 is 1.92 bits per heavy atom. The number of sulfonamides is 1. The van der Waals surface area contributed by atoms with E-state index in [4.69, 9.17) is 16.3 Å². The molecule has 39 heavy (non-hydrogen) atoms. The van der Waals surface area contributed by atoms with Gasteiger partial charge in [-0.2, -0.15) is 0 Å². The predicted molar refractivity (Wildman–Crippen MR) is 158 cm³/mol. The molecule has 1 aliphatic rings. The summed E-state index contributed by atoms with van der Waals surface area (Å²) in [5.74, 6) is -0.477. The first kappa shape index (κ1) is 29.0. The van der Waals surface area contributed by atoms with Crippen molar-refractivity contribution in [3.05, 3.63) is 76.2 Å². The van der Waals surface area contributed by atoms with Crippen molar-refractivity contribution in [2.45, 2.75) is 39.0 Å². The van der Waals surface area contributed by atoms with Gasteiger partial charge in [-0.05, 0) is 54.9 Å². The van der Waals surface area contributed by atoms with Crippen LogP contribution in [-0.2, 0) is 21.8 Å². The number of fused-ring (bicyclic) bond motifs is 1. The molecule has 1 atom stereocenters. The lowest BCUT2D eigenvalue weighted by Crippen LogP contribution is -2.37. The lowest BCUT2D eigenvalue weighted by molar-refractivity contribution is 0.0954. The Balaban J connectivity index is 1.54. The van der Waals surface area contributed by atoms with Gasteiger partial charge in [-0.1, -0.05) is 38.2 Å². The normalized spacial score (nSPS) is 16.1. The second-order valence-electron chi connectivity index (χ2n) is 10.9. The molecule has 0 spiro atoms. The number of hydrogen-bond acceptors (Lipinski definition) is 6. The predicted octanol–water partition coefficient (Wildman–Crippen LogP) is 5.31. The van der Waals surface area contributed by atoms with E-state index in [1.54, 1.807) is 28.8 Å². The van der Waals surface area contributed by atoms with E-state index in [0.717, 1.165) is 21.3 Å². The molecule has 9 nitrogen and oxygen atoms in total. The first-order chi connectivity index (χ1) is 18.4. The number of anilines is 1. The maximum atomic E-state index is 13.7. The molecule has 208 valence electrons. The van der Waals surface area contributed by atoms with Crippen LogP contribution >= 0.6 is 11.6 Å². The number of hydrogen-bond donors (Lipinski definition) is 1. The Bertz CT molecular complexity index is 1530. The average Bonchev–Trinajstić information content (AvgIpc) is 3.20. The van der Waals surface area contributed by atoms with Crippen LogP contribution in [0.5, 0.6) is 0 Å². The van der Waals surface area contributed by atoms with E-state index < -0.39 is 18.1 Å². The number of carbonyl (C=O) groups is 1. The third-order valence-corrected chi connectivity index (χ3v) is 10.3. The topological polar surface area (TPSA) is 106 Å². The first-order valence-electron chi connectivity index (χ1n) is 12.7. The second kappa shape index (κ2) is 11.6. The van der Waals surface area contributed by atoms with Crippen LogP contribution in [0.1, 0.15) is 23.8 Å². The molecule has 0 saturated carbocycles. The van der Waals surface area contributed by atoms with Crippen molar-refractivity contribution < 1.29 is 17.9 Å². The lowest BCUT2D eigenvalue weighted by Gasteiger charge is -2.27. The number of aromatic nitrogens is 3. The smallest absolute Gasteiger partial charge is 0.272 e. The Morgan fingerprint density at radius 3 is 2.59 bits per heavy atom. The Kier molecular flexibility index (Phi) is 8.65. The molecular formula is C27H34ClN5O4SSi. The quantitative estimate of drug-likeness (QED) is 0.196. The van der Waals surface area contributed by atoms with Gasteiger partial charge < -0.3 is 14.6 Å². The maximum absolute atomic E-state index is 13.7. The van der Waals surface area contributed by atoms with Gasteiger partial charge in [0.05, 0.1) is 4.91 Å².